The molecule has 1 amide bonds. The highest BCUT2D eigenvalue weighted by atomic mass is 35.5. The van der Waals surface area contributed by atoms with E-state index >= 15 is 0 Å². The highest BCUT2D eigenvalue weighted by Crippen LogP contribution is 2.16. The van der Waals surface area contributed by atoms with Crippen molar-refractivity contribution in [1.29, 1.82) is 0 Å². The molecule has 0 bridgehead atoms. The lowest BCUT2D eigenvalue weighted by molar-refractivity contribution is -0.135. The monoisotopic (exact) mass is 302 g/mol. The van der Waals surface area contributed by atoms with Gasteiger partial charge in [-0.2, -0.15) is 0 Å². The number of carbonyl (C=O) groups is 1. The Balaban J connectivity index is 0.00000180. The van der Waals surface area contributed by atoms with Crippen LogP contribution in [0.5, 0.6) is 0 Å². The number of hydrogen-bond donors (Lipinski definition) is 1. The van der Waals surface area contributed by atoms with Crippen LogP contribution >= 0.6 is 24.0 Å². The third-order valence-corrected chi connectivity index (χ3v) is 3.57. The molecule has 1 atom stereocenters. The van der Waals surface area contributed by atoms with E-state index in [-0.39, 0.29) is 24.2 Å². The van der Waals surface area contributed by atoms with E-state index in [1.165, 1.54) is 0 Å². The van der Waals surface area contributed by atoms with Crippen LogP contribution in [0.1, 0.15) is 18.4 Å². The lowest BCUT2D eigenvalue weighted by atomic mass is 9.98. The molecule has 1 heterocycles. The highest BCUT2D eigenvalue weighted by Gasteiger charge is 2.23. The van der Waals surface area contributed by atoms with E-state index in [1.807, 2.05) is 31.3 Å². The molecule has 0 aliphatic carbocycles. The van der Waals surface area contributed by atoms with Crippen LogP contribution in [-0.2, 0) is 11.3 Å². The molecule has 1 aliphatic heterocycles. The third kappa shape index (κ3) is 4.68. The van der Waals surface area contributed by atoms with Crippen LogP contribution in [0.25, 0.3) is 0 Å². The molecule has 0 radical (unpaired) electrons. The second-order valence-electron chi connectivity index (χ2n) is 4.87. The average Bonchev–Trinajstić information content (AvgIpc) is 2.39. The van der Waals surface area contributed by atoms with E-state index in [9.17, 15) is 4.79 Å². The third-order valence-electron chi connectivity index (χ3n) is 3.33. The summed E-state index contributed by atoms with van der Waals surface area (Å²) in [6, 6.07) is 7.66. The van der Waals surface area contributed by atoms with Gasteiger partial charge in [0.1, 0.15) is 0 Å². The molecule has 19 heavy (non-hydrogen) atoms. The molecule has 2 rings (SSSR count). The molecule has 1 saturated heterocycles. The fourth-order valence-corrected chi connectivity index (χ4v) is 2.57. The van der Waals surface area contributed by atoms with Crippen LogP contribution in [0.3, 0.4) is 0 Å². The van der Waals surface area contributed by atoms with Gasteiger partial charge in [-0.25, -0.2) is 0 Å². The first-order valence-electron chi connectivity index (χ1n) is 6.37. The van der Waals surface area contributed by atoms with Crippen LogP contribution in [0.4, 0.5) is 0 Å². The summed E-state index contributed by atoms with van der Waals surface area (Å²) in [6.45, 7) is 2.45. The van der Waals surface area contributed by atoms with Crippen LogP contribution < -0.4 is 5.32 Å². The maximum absolute atomic E-state index is 12.2. The number of benzene rings is 1. The number of amides is 1. The van der Waals surface area contributed by atoms with Gasteiger partial charge in [0.05, 0.1) is 5.92 Å². The summed E-state index contributed by atoms with van der Waals surface area (Å²) in [5.41, 5.74) is 1.07. The van der Waals surface area contributed by atoms with Crippen molar-refractivity contribution in [3.05, 3.63) is 34.9 Å². The Morgan fingerprint density at radius 1 is 1.53 bits per heavy atom. The van der Waals surface area contributed by atoms with Gasteiger partial charge in [-0.3, -0.25) is 4.79 Å². The van der Waals surface area contributed by atoms with Crippen molar-refractivity contribution < 1.29 is 4.79 Å². The molecule has 106 valence electrons. The quantitative estimate of drug-likeness (QED) is 0.931. The van der Waals surface area contributed by atoms with E-state index < -0.39 is 0 Å². The Morgan fingerprint density at radius 2 is 2.32 bits per heavy atom. The smallest absolute Gasteiger partial charge is 0.227 e. The summed E-state index contributed by atoms with van der Waals surface area (Å²) < 4.78 is 0. The van der Waals surface area contributed by atoms with Gasteiger partial charge >= 0.3 is 0 Å². The van der Waals surface area contributed by atoms with Gasteiger partial charge in [0.25, 0.3) is 0 Å². The first kappa shape index (κ1) is 16.3. The van der Waals surface area contributed by atoms with Gasteiger partial charge in [0.2, 0.25) is 5.91 Å². The van der Waals surface area contributed by atoms with E-state index in [2.05, 4.69) is 5.32 Å². The molecule has 0 aromatic heterocycles. The molecule has 0 spiro atoms. The molecule has 1 fully saturated rings. The summed E-state index contributed by atoms with van der Waals surface area (Å²) >= 11 is 5.94. The Bertz CT molecular complexity index is 420. The number of halogens is 2. The van der Waals surface area contributed by atoms with Gasteiger partial charge in [0.15, 0.2) is 0 Å². The second kappa shape index (κ2) is 7.73. The van der Waals surface area contributed by atoms with Crippen LogP contribution in [-0.4, -0.2) is 30.9 Å². The summed E-state index contributed by atoms with van der Waals surface area (Å²) in [6.07, 6.45) is 2.08. The number of hydrogen-bond acceptors (Lipinski definition) is 2. The largest absolute Gasteiger partial charge is 0.341 e. The number of rotatable bonds is 3. The van der Waals surface area contributed by atoms with Crippen LogP contribution in [0.2, 0.25) is 5.02 Å². The number of nitrogens with zero attached hydrogens (tertiary/aromatic N) is 1. The average molecular weight is 303 g/mol. The topological polar surface area (TPSA) is 32.3 Å². The fourth-order valence-electron chi connectivity index (χ4n) is 2.36. The number of carbonyl (C=O) groups excluding carboxylic acids is 1. The van der Waals surface area contributed by atoms with Crippen LogP contribution in [0.15, 0.2) is 24.3 Å². The first-order valence-corrected chi connectivity index (χ1v) is 6.75. The van der Waals surface area contributed by atoms with Gasteiger partial charge < -0.3 is 10.2 Å². The minimum atomic E-state index is 0. The number of nitrogens with one attached hydrogen (secondary N) is 1. The normalized spacial score (nSPS) is 18.5. The Labute approximate surface area is 125 Å². The SMILES string of the molecule is CN(Cc1cccc(Cl)c1)C(=O)[C@@H]1CCCNC1.Cl. The standard InChI is InChI=1S/C14H19ClN2O.ClH/c1-17(10-11-4-2-6-13(15)8-11)14(18)12-5-3-7-16-9-12;/h2,4,6,8,12,16H,3,5,7,9-10H2,1H3;1H/t12-;/m1./s1. The molecule has 1 aliphatic rings. The van der Waals surface area contributed by atoms with E-state index in [0.717, 1.165) is 31.5 Å². The Hall–Kier alpha value is -0.770. The summed E-state index contributed by atoms with van der Waals surface area (Å²) in [5, 5.41) is 3.99. The van der Waals surface area contributed by atoms with Gasteiger partial charge in [-0.15, -0.1) is 12.4 Å². The maximum Gasteiger partial charge on any atom is 0.227 e. The molecule has 0 saturated carbocycles. The van der Waals surface area contributed by atoms with Gasteiger partial charge in [-0.1, -0.05) is 23.7 Å². The van der Waals surface area contributed by atoms with Crippen LogP contribution in [0, 0.1) is 5.92 Å². The van der Waals surface area contributed by atoms with Gasteiger partial charge in [-0.05, 0) is 37.1 Å². The van der Waals surface area contributed by atoms with E-state index in [1.54, 1.807) is 4.90 Å². The molecule has 1 aromatic carbocycles. The Kier molecular flexibility index (Phi) is 6.63. The number of piperidine rings is 1. The second-order valence-corrected chi connectivity index (χ2v) is 5.30. The van der Waals surface area contributed by atoms with Gasteiger partial charge in [0, 0.05) is 25.2 Å². The molecule has 5 heteroatoms. The van der Waals surface area contributed by atoms with Crippen molar-refractivity contribution in [2.45, 2.75) is 19.4 Å². The van der Waals surface area contributed by atoms with Crippen molar-refractivity contribution in [3.63, 3.8) is 0 Å². The lowest BCUT2D eigenvalue weighted by Crippen LogP contribution is -2.41. The highest BCUT2D eigenvalue weighted by molar-refractivity contribution is 6.30. The predicted octanol–water partition coefficient (Wildman–Crippen LogP) is 2.72. The van der Waals surface area contributed by atoms with E-state index in [4.69, 9.17) is 11.6 Å². The zero-order valence-corrected chi connectivity index (χ0v) is 12.6. The molecular weight excluding hydrogens is 283 g/mol. The molecular formula is C14H20Cl2N2O. The Morgan fingerprint density at radius 3 is 2.95 bits per heavy atom. The van der Waals surface area contributed by atoms with Crippen molar-refractivity contribution in [2.75, 3.05) is 20.1 Å². The first-order chi connectivity index (χ1) is 8.66. The van der Waals surface area contributed by atoms with Crippen molar-refractivity contribution >= 4 is 29.9 Å². The minimum absolute atomic E-state index is 0. The fraction of sp³-hybridized carbons (Fsp3) is 0.500. The molecule has 1 aromatic rings. The van der Waals surface area contributed by atoms with Crippen molar-refractivity contribution in [1.82, 2.24) is 10.2 Å². The predicted molar refractivity (Wildman–Crippen MR) is 80.8 cm³/mol. The molecule has 1 N–H and O–H groups in total. The molecule has 0 unspecified atom stereocenters. The summed E-state index contributed by atoms with van der Waals surface area (Å²) in [4.78, 5) is 14.0. The summed E-state index contributed by atoms with van der Waals surface area (Å²) in [7, 11) is 1.86. The molecule has 3 nitrogen and oxygen atoms in total. The van der Waals surface area contributed by atoms with Crippen molar-refractivity contribution in [2.24, 2.45) is 5.92 Å². The minimum Gasteiger partial charge on any atom is -0.341 e. The zero-order valence-electron chi connectivity index (χ0n) is 11.1. The summed E-state index contributed by atoms with van der Waals surface area (Å²) in [5.74, 6) is 0.352. The maximum atomic E-state index is 12.2. The van der Waals surface area contributed by atoms with Crippen molar-refractivity contribution in [3.8, 4) is 0 Å². The zero-order chi connectivity index (χ0) is 13.0. The van der Waals surface area contributed by atoms with E-state index in [0.29, 0.717) is 11.6 Å². The lowest BCUT2D eigenvalue weighted by Gasteiger charge is -2.27.